The average molecular weight is 392 g/mol. The molecule has 4 rings (SSSR count). The topological polar surface area (TPSA) is 7.12 Å². The molecular weight excluding hydrogens is 368 g/mol. The number of thioether (sulfide) groups is 1. The van der Waals surface area contributed by atoms with E-state index in [1.807, 2.05) is 23.1 Å². The number of fused-ring (bicyclic) bond motifs is 2. The van der Waals surface area contributed by atoms with Gasteiger partial charge in [-0.1, -0.05) is 53.5 Å². The number of thiazole rings is 1. The Morgan fingerprint density at radius 1 is 0.963 bits per heavy atom. The number of anilines is 1. The van der Waals surface area contributed by atoms with Gasteiger partial charge in [0.25, 0.3) is 5.01 Å². The molecule has 0 N–H and O–H groups in total. The highest BCUT2D eigenvalue weighted by Gasteiger charge is 2.21. The van der Waals surface area contributed by atoms with E-state index in [0.29, 0.717) is 0 Å². The minimum atomic E-state index is 1.25. The monoisotopic (exact) mass is 391 g/mol. The molecule has 136 valence electrons. The smallest absolute Gasteiger partial charge is 0.262 e. The number of aryl methyl sites for hydroxylation is 3. The van der Waals surface area contributed by atoms with Crippen LogP contribution >= 0.6 is 23.1 Å². The van der Waals surface area contributed by atoms with Gasteiger partial charge in [0.1, 0.15) is 11.7 Å². The predicted molar refractivity (Wildman–Crippen MR) is 119 cm³/mol. The van der Waals surface area contributed by atoms with Crippen LogP contribution in [-0.2, 0) is 7.05 Å². The van der Waals surface area contributed by atoms with Crippen molar-refractivity contribution >= 4 is 45.1 Å². The number of rotatable bonds is 3. The number of benzene rings is 2. The van der Waals surface area contributed by atoms with E-state index in [1.165, 1.54) is 42.0 Å². The van der Waals surface area contributed by atoms with Crippen LogP contribution < -0.4 is 9.47 Å². The average Bonchev–Trinajstić information content (AvgIpc) is 3.11. The van der Waals surface area contributed by atoms with Gasteiger partial charge in [-0.25, -0.2) is 0 Å². The van der Waals surface area contributed by atoms with Crippen molar-refractivity contribution < 1.29 is 4.57 Å². The summed E-state index contributed by atoms with van der Waals surface area (Å²) in [5, 5.41) is 2.51. The molecule has 0 aliphatic carbocycles. The molecule has 2 heterocycles. The van der Waals surface area contributed by atoms with Gasteiger partial charge in [-0.15, -0.1) is 0 Å². The quantitative estimate of drug-likeness (QED) is 0.399. The molecule has 0 unspecified atom stereocenters. The van der Waals surface area contributed by atoms with Crippen molar-refractivity contribution in [3.05, 3.63) is 81.9 Å². The van der Waals surface area contributed by atoms with Crippen molar-refractivity contribution in [3.63, 3.8) is 0 Å². The molecule has 0 saturated heterocycles. The zero-order valence-corrected chi connectivity index (χ0v) is 17.7. The zero-order chi connectivity index (χ0) is 19.0. The van der Waals surface area contributed by atoms with E-state index < -0.39 is 0 Å². The van der Waals surface area contributed by atoms with Gasteiger partial charge in [-0.2, -0.15) is 4.57 Å². The summed E-state index contributed by atoms with van der Waals surface area (Å²) in [6.45, 7) is 4.28. The van der Waals surface area contributed by atoms with Crippen LogP contribution in [0.3, 0.4) is 0 Å². The third-order valence-corrected chi connectivity index (χ3v) is 7.08. The lowest BCUT2D eigenvalue weighted by molar-refractivity contribution is -0.642. The first-order valence-electron chi connectivity index (χ1n) is 8.99. The van der Waals surface area contributed by atoms with Crippen LogP contribution in [0.5, 0.6) is 0 Å². The zero-order valence-electron chi connectivity index (χ0n) is 16.1. The molecule has 1 aliphatic rings. The third kappa shape index (κ3) is 3.60. The summed E-state index contributed by atoms with van der Waals surface area (Å²) in [7, 11) is 4.26. The lowest BCUT2D eigenvalue weighted by Gasteiger charge is -2.12. The SMILES string of the molecule is Cc1ccc2c(c1)S/C(=C/C=C/C=C/c1sc3cc(C)ccc3[n+]1C)N2C. The molecule has 1 aliphatic heterocycles. The van der Waals surface area contributed by atoms with Gasteiger partial charge in [-0.3, -0.25) is 0 Å². The molecule has 0 bridgehead atoms. The minimum absolute atomic E-state index is 1.25. The van der Waals surface area contributed by atoms with Crippen LogP contribution in [0.25, 0.3) is 16.3 Å². The molecule has 0 saturated carbocycles. The highest BCUT2D eigenvalue weighted by atomic mass is 32.2. The summed E-state index contributed by atoms with van der Waals surface area (Å²) in [5.74, 6) is 0. The lowest BCUT2D eigenvalue weighted by Crippen LogP contribution is -2.28. The van der Waals surface area contributed by atoms with Gasteiger partial charge < -0.3 is 4.90 Å². The second kappa shape index (κ2) is 7.37. The van der Waals surface area contributed by atoms with Gasteiger partial charge >= 0.3 is 0 Å². The fraction of sp³-hybridized carbons (Fsp3) is 0.174. The van der Waals surface area contributed by atoms with E-state index >= 15 is 0 Å². The maximum absolute atomic E-state index is 2.25. The molecule has 4 heteroatoms. The summed E-state index contributed by atoms with van der Waals surface area (Å²) >= 11 is 3.66. The third-order valence-electron chi connectivity index (χ3n) is 4.74. The number of hydrogen-bond acceptors (Lipinski definition) is 3. The van der Waals surface area contributed by atoms with Crippen LogP contribution in [0.15, 0.2) is 70.6 Å². The molecule has 0 fully saturated rings. The molecule has 1 aromatic heterocycles. The van der Waals surface area contributed by atoms with Gasteiger partial charge in [0.15, 0.2) is 0 Å². The Labute approximate surface area is 169 Å². The summed E-state index contributed by atoms with van der Waals surface area (Å²) < 4.78 is 3.59. The molecule has 0 radical (unpaired) electrons. The first kappa shape index (κ1) is 18.1. The standard InChI is InChI=1S/C23H23N2S2/c1-16-10-12-18-20(14-16)26-22(24(18)3)8-6-5-7-9-23-25(4)19-13-11-17(2)15-21(19)27-23/h5-15H,1-4H3/q+1. The Morgan fingerprint density at radius 3 is 2.59 bits per heavy atom. The Balaban J connectivity index is 1.49. The molecule has 2 nitrogen and oxygen atoms in total. The van der Waals surface area contributed by atoms with Gasteiger partial charge in [0.2, 0.25) is 5.52 Å². The predicted octanol–water partition coefficient (Wildman–Crippen LogP) is 6.00. The largest absolute Gasteiger partial charge is 0.338 e. The van der Waals surface area contributed by atoms with Gasteiger partial charge in [0.05, 0.1) is 10.7 Å². The normalized spacial score (nSPS) is 15.7. The van der Waals surface area contributed by atoms with Crippen LogP contribution in [0.4, 0.5) is 5.69 Å². The lowest BCUT2D eigenvalue weighted by atomic mass is 10.2. The maximum Gasteiger partial charge on any atom is 0.262 e. The highest BCUT2D eigenvalue weighted by Crippen LogP contribution is 2.45. The second-order valence-corrected chi connectivity index (χ2v) is 8.98. The van der Waals surface area contributed by atoms with E-state index in [4.69, 9.17) is 0 Å². The Bertz CT molecular complexity index is 1100. The number of nitrogens with zero attached hydrogens (tertiary/aromatic N) is 2. The molecule has 0 atom stereocenters. The molecule has 0 spiro atoms. The first-order chi connectivity index (χ1) is 13.0. The number of allylic oxidation sites excluding steroid dienone is 4. The Hall–Kier alpha value is -2.30. The van der Waals surface area contributed by atoms with Crippen LogP contribution in [-0.4, -0.2) is 7.05 Å². The van der Waals surface area contributed by atoms with Crippen LogP contribution in [0, 0.1) is 13.8 Å². The summed E-state index contributed by atoms with van der Waals surface area (Å²) in [4.78, 5) is 3.59. The van der Waals surface area contributed by atoms with Crippen LogP contribution in [0.1, 0.15) is 16.1 Å². The van der Waals surface area contributed by atoms with Crippen molar-refractivity contribution in [2.24, 2.45) is 7.05 Å². The van der Waals surface area contributed by atoms with E-state index in [1.54, 1.807) is 0 Å². The van der Waals surface area contributed by atoms with E-state index in [-0.39, 0.29) is 0 Å². The molecular formula is C23H23N2S2+. The van der Waals surface area contributed by atoms with E-state index in [9.17, 15) is 0 Å². The summed E-state index contributed by atoms with van der Waals surface area (Å²) in [5.41, 5.74) is 5.18. The van der Waals surface area contributed by atoms with E-state index in [2.05, 4.69) is 104 Å². The summed E-state index contributed by atoms with van der Waals surface area (Å²) in [6, 6.07) is 13.2. The molecule has 27 heavy (non-hydrogen) atoms. The van der Waals surface area contributed by atoms with Gasteiger partial charge in [0, 0.05) is 24.1 Å². The maximum atomic E-state index is 2.25. The van der Waals surface area contributed by atoms with Crippen molar-refractivity contribution in [1.82, 2.24) is 0 Å². The van der Waals surface area contributed by atoms with Crippen molar-refractivity contribution in [1.29, 1.82) is 0 Å². The molecule has 3 aromatic rings. The second-order valence-electron chi connectivity index (χ2n) is 6.85. The Kier molecular flexibility index (Phi) is 4.94. The first-order valence-corrected chi connectivity index (χ1v) is 10.6. The number of hydrogen-bond donors (Lipinski definition) is 0. The number of aromatic nitrogens is 1. The Morgan fingerprint density at radius 2 is 1.74 bits per heavy atom. The van der Waals surface area contributed by atoms with Crippen LogP contribution in [0.2, 0.25) is 0 Å². The fourth-order valence-electron chi connectivity index (χ4n) is 3.19. The molecule has 2 aromatic carbocycles. The van der Waals surface area contributed by atoms with Crippen molar-refractivity contribution in [2.75, 3.05) is 11.9 Å². The van der Waals surface area contributed by atoms with E-state index in [0.717, 1.165) is 0 Å². The highest BCUT2D eigenvalue weighted by molar-refractivity contribution is 8.03. The van der Waals surface area contributed by atoms with Crippen molar-refractivity contribution in [3.8, 4) is 0 Å². The van der Waals surface area contributed by atoms with Crippen molar-refractivity contribution in [2.45, 2.75) is 18.7 Å². The molecule has 0 amide bonds. The fourth-order valence-corrected chi connectivity index (χ4v) is 5.51. The minimum Gasteiger partial charge on any atom is -0.338 e. The van der Waals surface area contributed by atoms with Gasteiger partial charge in [-0.05, 0) is 49.2 Å². The summed E-state index contributed by atoms with van der Waals surface area (Å²) in [6.07, 6.45) is 10.7.